The van der Waals surface area contributed by atoms with Crippen LogP contribution < -0.4 is 0 Å². The molecule has 1 aromatic rings. The van der Waals surface area contributed by atoms with Crippen molar-refractivity contribution >= 4 is 26.0 Å². The molecule has 8 nitrogen and oxygen atoms in total. The van der Waals surface area contributed by atoms with E-state index < -0.39 is 26.0 Å². The van der Waals surface area contributed by atoms with Gasteiger partial charge in [-0.05, 0) is 30.5 Å². The number of nitrogens with zero attached hydrogens (tertiary/aromatic N) is 2. The molecule has 0 bridgehead atoms. The molecule has 25 heavy (non-hydrogen) atoms. The van der Waals surface area contributed by atoms with Crippen LogP contribution in [0.3, 0.4) is 0 Å². The standard InChI is InChI=1S/C15H20N2O6S2/c18-15(19)11-12-1-3-13(4-2-12)24(20,21)16-7-9-17(10-8-16)25(22,23)14-5-6-14/h1-4,14H,5-11H2,(H,18,19). The fraction of sp³-hybridized carbons (Fsp3) is 0.533. The molecule has 0 spiro atoms. The lowest BCUT2D eigenvalue weighted by Gasteiger charge is -2.33. The van der Waals surface area contributed by atoms with E-state index >= 15 is 0 Å². The summed E-state index contributed by atoms with van der Waals surface area (Å²) in [5.41, 5.74) is 0.520. The number of hydrogen-bond donors (Lipinski definition) is 1. The van der Waals surface area contributed by atoms with Gasteiger partial charge in [0.2, 0.25) is 20.0 Å². The lowest BCUT2D eigenvalue weighted by molar-refractivity contribution is -0.136. The van der Waals surface area contributed by atoms with E-state index in [1.807, 2.05) is 0 Å². The molecule has 1 saturated carbocycles. The Morgan fingerprint density at radius 2 is 1.48 bits per heavy atom. The molecule has 1 N–H and O–H groups in total. The molecule has 0 amide bonds. The molecule has 0 atom stereocenters. The van der Waals surface area contributed by atoms with Gasteiger partial charge in [0.15, 0.2) is 0 Å². The first-order valence-corrected chi connectivity index (χ1v) is 11.0. The molecule has 1 saturated heterocycles. The zero-order chi connectivity index (χ0) is 18.2. The van der Waals surface area contributed by atoms with E-state index in [2.05, 4.69) is 0 Å². The minimum absolute atomic E-state index is 0.0835. The lowest BCUT2D eigenvalue weighted by atomic mass is 10.2. The molecular weight excluding hydrogens is 368 g/mol. The maximum Gasteiger partial charge on any atom is 0.307 e. The quantitative estimate of drug-likeness (QED) is 0.740. The van der Waals surface area contributed by atoms with Gasteiger partial charge in [-0.15, -0.1) is 0 Å². The molecule has 10 heteroatoms. The van der Waals surface area contributed by atoms with Gasteiger partial charge < -0.3 is 5.11 Å². The molecular formula is C15H20N2O6S2. The van der Waals surface area contributed by atoms with Crippen LogP contribution in [-0.4, -0.2) is 68.0 Å². The van der Waals surface area contributed by atoms with E-state index in [1.165, 1.54) is 32.9 Å². The number of hydrogen-bond acceptors (Lipinski definition) is 5. The van der Waals surface area contributed by atoms with Crippen LogP contribution in [0, 0.1) is 0 Å². The Bertz CT molecular complexity index is 852. The van der Waals surface area contributed by atoms with Crippen LogP contribution in [0.5, 0.6) is 0 Å². The second-order valence-corrected chi connectivity index (χ2v) is 10.4. The van der Waals surface area contributed by atoms with Crippen molar-refractivity contribution in [2.45, 2.75) is 29.4 Å². The number of sulfonamides is 2. The van der Waals surface area contributed by atoms with Crippen LogP contribution >= 0.6 is 0 Å². The van der Waals surface area contributed by atoms with Crippen LogP contribution in [0.15, 0.2) is 29.2 Å². The Morgan fingerprint density at radius 3 is 1.96 bits per heavy atom. The van der Waals surface area contributed by atoms with Gasteiger partial charge in [-0.1, -0.05) is 12.1 Å². The molecule has 0 radical (unpaired) electrons. The molecule has 1 aliphatic carbocycles. The van der Waals surface area contributed by atoms with Gasteiger partial charge >= 0.3 is 5.97 Å². The highest BCUT2D eigenvalue weighted by atomic mass is 32.2. The molecule has 3 rings (SSSR count). The predicted molar refractivity (Wildman–Crippen MR) is 90.1 cm³/mol. The predicted octanol–water partition coefficient (Wildman–Crippen LogP) is 0.112. The van der Waals surface area contributed by atoms with Crippen LogP contribution in [0.1, 0.15) is 18.4 Å². The minimum atomic E-state index is -3.72. The van der Waals surface area contributed by atoms with Gasteiger partial charge in [-0.2, -0.15) is 8.61 Å². The van der Waals surface area contributed by atoms with Crippen molar-refractivity contribution in [3.05, 3.63) is 29.8 Å². The molecule has 1 aliphatic heterocycles. The Balaban J connectivity index is 1.68. The summed E-state index contributed by atoms with van der Waals surface area (Å²) in [7, 11) is -7.00. The second kappa shape index (κ2) is 6.67. The summed E-state index contributed by atoms with van der Waals surface area (Å²) in [5.74, 6) is -0.983. The van der Waals surface area contributed by atoms with Gasteiger partial charge in [0.05, 0.1) is 16.6 Å². The Labute approximate surface area is 147 Å². The number of benzene rings is 1. The molecule has 1 heterocycles. The fourth-order valence-electron chi connectivity index (χ4n) is 2.84. The van der Waals surface area contributed by atoms with Crippen molar-refractivity contribution < 1.29 is 26.7 Å². The number of piperazine rings is 1. The van der Waals surface area contributed by atoms with Crippen molar-refractivity contribution in [3.8, 4) is 0 Å². The maximum atomic E-state index is 12.7. The van der Waals surface area contributed by atoms with E-state index in [0.717, 1.165) is 0 Å². The highest BCUT2D eigenvalue weighted by Crippen LogP contribution is 2.31. The van der Waals surface area contributed by atoms with Crippen LogP contribution in [0.4, 0.5) is 0 Å². The number of carboxylic acids is 1. The zero-order valence-electron chi connectivity index (χ0n) is 13.5. The number of aliphatic carboxylic acids is 1. The summed E-state index contributed by atoms with van der Waals surface area (Å²) < 4.78 is 52.4. The van der Waals surface area contributed by atoms with Gasteiger partial charge in [-0.3, -0.25) is 4.79 Å². The third-order valence-corrected chi connectivity index (χ3v) is 8.73. The Hall–Kier alpha value is -1.49. The molecule has 138 valence electrons. The Morgan fingerprint density at radius 1 is 0.960 bits per heavy atom. The van der Waals surface area contributed by atoms with Crippen LogP contribution in [0.2, 0.25) is 0 Å². The van der Waals surface area contributed by atoms with Gasteiger partial charge in [-0.25, -0.2) is 16.8 Å². The number of carboxylic acid groups (broad SMARTS) is 1. The van der Waals surface area contributed by atoms with Gasteiger partial charge in [0.1, 0.15) is 0 Å². The maximum absolute atomic E-state index is 12.7. The summed E-state index contributed by atoms with van der Waals surface area (Å²) >= 11 is 0. The van der Waals surface area contributed by atoms with E-state index in [1.54, 1.807) is 0 Å². The first kappa shape index (κ1) is 18.3. The summed E-state index contributed by atoms with van der Waals surface area (Å²) in [6.07, 6.45) is 1.20. The van der Waals surface area contributed by atoms with Crippen molar-refractivity contribution in [2.75, 3.05) is 26.2 Å². The summed E-state index contributed by atoms with van der Waals surface area (Å²) in [6, 6.07) is 5.74. The average Bonchev–Trinajstić information content (AvgIpc) is 3.40. The average molecular weight is 388 g/mol. The van der Waals surface area contributed by atoms with E-state index in [4.69, 9.17) is 5.11 Å². The van der Waals surface area contributed by atoms with E-state index in [-0.39, 0.29) is 42.7 Å². The van der Waals surface area contributed by atoms with E-state index in [0.29, 0.717) is 18.4 Å². The third-order valence-electron chi connectivity index (χ3n) is 4.42. The fourth-order valence-corrected chi connectivity index (χ4v) is 6.09. The third kappa shape index (κ3) is 3.86. The lowest BCUT2D eigenvalue weighted by Crippen LogP contribution is -2.51. The summed E-state index contributed by atoms with van der Waals surface area (Å²) in [6.45, 7) is 0.556. The van der Waals surface area contributed by atoms with Crippen molar-refractivity contribution in [3.63, 3.8) is 0 Å². The molecule has 2 aliphatic rings. The normalized spacial score (nSPS) is 20.5. The Kier molecular flexibility index (Phi) is 4.89. The van der Waals surface area contributed by atoms with Gasteiger partial charge in [0, 0.05) is 26.2 Å². The zero-order valence-corrected chi connectivity index (χ0v) is 15.2. The first-order valence-electron chi connectivity index (χ1n) is 8.01. The first-order chi connectivity index (χ1) is 11.7. The molecule has 0 unspecified atom stereocenters. The van der Waals surface area contributed by atoms with Crippen molar-refractivity contribution in [1.29, 1.82) is 0 Å². The summed E-state index contributed by atoms with van der Waals surface area (Å²) in [5, 5.41) is 8.46. The minimum Gasteiger partial charge on any atom is -0.481 e. The largest absolute Gasteiger partial charge is 0.481 e. The number of rotatable bonds is 6. The van der Waals surface area contributed by atoms with E-state index in [9.17, 15) is 21.6 Å². The highest BCUT2D eigenvalue weighted by Gasteiger charge is 2.42. The van der Waals surface area contributed by atoms with Gasteiger partial charge in [0.25, 0.3) is 0 Å². The molecule has 1 aromatic carbocycles. The van der Waals surface area contributed by atoms with Crippen molar-refractivity contribution in [2.24, 2.45) is 0 Å². The molecule has 0 aromatic heterocycles. The van der Waals surface area contributed by atoms with Crippen LogP contribution in [-0.2, 0) is 31.3 Å². The van der Waals surface area contributed by atoms with Crippen molar-refractivity contribution in [1.82, 2.24) is 8.61 Å². The number of carbonyl (C=O) groups is 1. The topological polar surface area (TPSA) is 112 Å². The SMILES string of the molecule is O=C(O)Cc1ccc(S(=O)(=O)N2CCN(S(=O)(=O)C3CC3)CC2)cc1. The smallest absolute Gasteiger partial charge is 0.307 e. The van der Waals surface area contributed by atoms with Crippen LogP contribution in [0.25, 0.3) is 0 Å². The summed E-state index contributed by atoms with van der Waals surface area (Å²) in [4.78, 5) is 10.8. The second-order valence-electron chi connectivity index (χ2n) is 6.26. The highest BCUT2D eigenvalue weighted by molar-refractivity contribution is 7.90. The molecule has 2 fully saturated rings. The monoisotopic (exact) mass is 388 g/mol.